The summed E-state index contributed by atoms with van der Waals surface area (Å²) in [5, 5.41) is 8.85. The Hall–Kier alpha value is -0.650. The maximum Gasteiger partial charge on any atom is 0.236 e. The molecule has 1 aliphatic heterocycles. The highest BCUT2D eigenvalue weighted by molar-refractivity contribution is 5.78. The predicted octanol–water partition coefficient (Wildman–Crippen LogP) is -0.537. The number of β-amino-alcohol motifs (C(OH)–C–C–N with tert-alkyl or cyclic N) is 1. The molecule has 1 N–H and O–H groups in total. The zero-order valence-corrected chi connectivity index (χ0v) is 11.2. The van der Waals surface area contributed by atoms with Crippen molar-refractivity contribution in [1.29, 1.82) is 0 Å². The van der Waals surface area contributed by atoms with Crippen molar-refractivity contribution in [3.8, 4) is 0 Å². The van der Waals surface area contributed by atoms with Crippen LogP contribution in [0.15, 0.2) is 0 Å². The van der Waals surface area contributed by atoms with Crippen LogP contribution in [0.3, 0.4) is 0 Å². The average Bonchev–Trinajstić information content (AvgIpc) is 2.30. The zero-order chi connectivity index (χ0) is 12.8. The molecule has 5 heteroatoms. The van der Waals surface area contributed by atoms with Gasteiger partial charge in [0.15, 0.2) is 0 Å². The van der Waals surface area contributed by atoms with E-state index in [-0.39, 0.29) is 18.6 Å². The molecule has 0 saturated carbocycles. The second kappa shape index (κ2) is 6.93. The molecule has 5 nitrogen and oxygen atoms in total. The van der Waals surface area contributed by atoms with Gasteiger partial charge in [-0.25, -0.2) is 0 Å². The first-order valence-electron chi connectivity index (χ1n) is 6.35. The predicted molar refractivity (Wildman–Crippen MR) is 67.9 cm³/mol. The molecule has 0 aromatic carbocycles. The molecule has 1 amide bonds. The van der Waals surface area contributed by atoms with Crippen LogP contribution in [0.4, 0.5) is 0 Å². The third kappa shape index (κ3) is 4.61. The van der Waals surface area contributed by atoms with Gasteiger partial charge < -0.3 is 10.0 Å². The number of likely N-dealkylation sites (N-methyl/N-ethyl adjacent to an activating group) is 1. The summed E-state index contributed by atoms with van der Waals surface area (Å²) in [5.41, 5.74) is 0. The molecule has 0 unspecified atom stereocenters. The van der Waals surface area contributed by atoms with E-state index < -0.39 is 0 Å². The van der Waals surface area contributed by atoms with E-state index in [4.69, 9.17) is 5.11 Å². The van der Waals surface area contributed by atoms with E-state index in [0.717, 1.165) is 32.7 Å². The number of aliphatic hydroxyl groups is 1. The van der Waals surface area contributed by atoms with Gasteiger partial charge in [0, 0.05) is 45.8 Å². The highest BCUT2D eigenvalue weighted by Gasteiger charge is 2.20. The normalized spacial score (nSPS) is 18.6. The van der Waals surface area contributed by atoms with Crippen LogP contribution in [0.5, 0.6) is 0 Å². The average molecular weight is 243 g/mol. The van der Waals surface area contributed by atoms with Gasteiger partial charge in [0.1, 0.15) is 0 Å². The first-order chi connectivity index (χ1) is 8.04. The van der Waals surface area contributed by atoms with Crippen LogP contribution >= 0.6 is 0 Å². The highest BCUT2D eigenvalue weighted by atomic mass is 16.3. The number of carbonyl (C=O) groups is 1. The molecule has 0 radical (unpaired) electrons. The summed E-state index contributed by atoms with van der Waals surface area (Å²) < 4.78 is 0. The van der Waals surface area contributed by atoms with Gasteiger partial charge >= 0.3 is 0 Å². The standard InChI is InChI=1S/C12H25N3O2/c1-11(2)13(3)12(17)10-15-6-4-14(5-7-15)8-9-16/h11,16H,4-10H2,1-3H3. The van der Waals surface area contributed by atoms with E-state index in [1.54, 1.807) is 4.90 Å². The van der Waals surface area contributed by atoms with Crippen molar-refractivity contribution in [3.63, 3.8) is 0 Å². The van der Waals surface area contributed by atoms with E-state index >= 15 is 0 Å². The number of piperazine rings is 1. The molecular weight excluding hydrogens is 218 g/mol. The molecule has 1 saturated heterocycles. The Bertz CT molecular complexity index is 238. The van der Waals surface area contributed by atoms with E-state index in [1.807, 2.05) is 20.9 Å². The number of amides is 1. The molecule has 1 aliphatic rings. The fourth-order valence-electron chi connectivity index (χ4n) is 1.90. The third-order valence-corrected chi connectivity index (χ3v) is 3.41. The van der Waals surface area contributed by atoms with Gasteiger partial charge in [-0.3, -0.25) is 14.6 Å². The largest absolute Gasteiger partial charge is 0.395 e. The van der Waals surface area contributed by atoms with Gasteiger partial charge in [-0.1, -0.05) is 0 Å². The lowest BCUT2D eigenvalue weighted by Crippen LogP contribution is -2.50. The second-order valence-electron chi connectivity index (χ2n) is 4.94. The van der Waals surface area contributed by atoms with Crippen LogP contribution in [0.25, 0.3) is 0 Å². The minimum Gasteiger partial charge on any atom is -0.395 e. The Balaban J connectivity index is 2.28. The number of aliphatic hydroxyl groups excluding tert-OH is 1. The van der Waals surface area contributed by atoms with Crippen molar-refractivity contribution >= 4 is 5.91 Å². The SMILES string of the molecule is CC(C)N(C)C(=O)CN1CCN(CCO)CC1. The number of rotatable bonds is 5. The molecule has 0 aliphatic carbocycles. The van der Waals surface area contributed by atoms with Gasteiger partial charge in [-0.05, 0) is 13.8 Å². The van der Waals surface area contributed by atoms with Crippen LogP contribution in [0.2, 0.25) is 0 Å². The summed E-state index contributed by atoms with van der Waals surface area (Å²) in [6.07, 6.45) is 0. The summed E-state index contributed by atoms with van der Waals surface area (Å²) in [6, 6.07) is 0.262. The van der Waals surface area contributed by atoms with Crippen molar-refractivity contribution in [3.05, 3.63) is 0 Å². The highest BCUT2D eigenvalue weighted by Crippen LogP contribution is 2.03. The minimum atomic E-state index is 0.190. The molecule has 0 bridgehead atoms. The van der Waals surface area contributed by atoms with Crippen LogP contribution in [0, 0.1) is 0 Å². The van der Waals surface area contributed by atoms with Gasteiger partial charge in [-0.2, -0.15) is 0 Å². The van der Waals surface area contributed by atoms with E-state index in [1.165, 1.54) is 0 Å². The monoisotopic (exact) mass is 243 g/mol. The molecule has 1 heterocycles. The summed E-state index contributed by atoms with van der Waals surface area (Å²) in [4.78, 5) is 18.1. The van der Waals surface area contributed by atoms with Crippen LogP contribution < -0.4 is 0 Å². The van der Waals surface area contributed by atoms with Crippen molar-refractivity contribution in [2.45, 2.75) is 19.9 Å². The molecule has 1 rings (SSSR count). The lowest BCUT2D eigenvalue weighted by atomic mass is 10.3. The van der Waals surface area contributed by atoms with Gasteiger partial charge in [0.2, 0.25) is 5.91 Å². The van der Waals surface area contributed by atoms with Crippen molar-refractivity contribution < 1.29 is 9.90 Å². The maximum atomic E-state index is 11.9. The van der Waals surface area contributed by atoms with Crippen LogP contribution in [-0.4, -0.2) is 84.7 Å². The van der Waals surface area contributed by atoms with Crippen molar-refractivity contribution in [2.24, 2.45) is 0 Å². The first kappa shape index (κ1) is 14.4. The molecule has 0 atom stereocenters. The quantitative estimate of drug-likeness (QED) is 0.705. The summed E-state index contributed by atoms with van der Waals surface area (Å²) >= 11 is 0. The van der Waals surface area contributed by atoms with Gasteiger partial charge in [-0.15, -0.1) is 0 Å². The van der Waals surface area contributed by atoms with Crippen molar-refractivity contribution in [1.82, 2.24) is 14.7 Å². The van der Waals surface area contributed by atoms with E-state index in [9.17, 15) is 4.79 Å². The molecule has 0 aromatic rings. The Morgan fingerprint density at radius 3 is 2.24 bits per heavy atom. The number of carbonyl (C=O) groups excluding carboxylic acids is 1. The lowest BCUT2D eigenvalue weighted by molar-refractivity contribution is -0.133. The fourth-order valence-corrected chi connectivity index (χ4v) is 1.90. The topological polar surface area (TPSA) is 47.0 Å². The summed E-state index contributed by atoms with van der Waals surface area (Å²) in [6.45, 7) is 9.24. The van der Waals surface area contributed by atoms with Crippen LogP contribution in [-0.2, 0) is 4.79 Å². The second-order valence-corrected chi connectivity index (χ2v) is 4.94. The summed E-state index contributed by atoms with van der Waals surface area (Å²) in [7, 11) is 1.86. The number of nitrogens with zero attached hydrogens (tertiary/aromatic N) is 3. The fraction of sp³-hybridized carbons (Fsp3) is 0.917. The van der Waals surface area contributed by atoms with Gasteiger partial charge in [0.25, 0.3) is 0 Å². The van der Waals surface area contributed by atoms with Crippen LogP contribution in [0.1, 0.15) is 13.8 Å². The Morgan fingerprint density at radius 1 is 1.24 bits per heavy atom. The van der Waals surface area contributed by atoms with E-state index in [2.05, 4.69) is 9.80 Å². The number of hydrogen-bond donors (Lipinski definition) is 1. The number of hydrogen-bond acceptors (Lipinski definition) is 4. The maximum absolute atomic E-state index is 11.9. The zero-order valence-electron chi connectivity index (χ0n) is 11.2. The van der Waals surface area contributed by atoms with Crippen molar-refractivity contribution in [2.75, 3.05) is 52.9 Å². The Labute approximate surface area is 104 Å². The molecule has 0 spiro atoms. The Kier molecular flexibility index (Phi) is 5.88. The lowest BCUT2D eigenvalue weighted by Gasteiger charge is -2.35. The molecule has 100 valence electrons. The third-order valence-electron chi connectivity index (χ3n) is 3.41. The Morgan fingerprint density at radius 2 is 1.76 bits per heavy atom. The molecule has 0 aromatic heterocycles. The van der Waals surface area contributed by atoms with Gasteiger partial charge in [0.05, 0.1) is 13.2 Å². The minimum absolute atomic E-state index is 0.190. The smallest absolute Gasteiger partial charge is 0.236 e. The molecule has 17 heavy (non-hydrogen) atoms. The molecule has 1 fully saturated rings. The first-order valence-corrected chi connectivity index (χ1v) is 6.35. The summed E-state index contributed by atoms with van der Waals surface area (Å²) in [5.74, 6) is 0.190. The molecular formula is C12H25N3O2. The van der Waals surface area contributed by atoms with E-state index in [0.29, 0.717) is 6.54 Å².